The van der Waals surface area contributed by atoms with E-state index in [0.29, 0.717) is 19.0 Å². The van der Waals surface area contributed by atoms with Crippen LogP contribution in [-0.2, 0) is 16.2 Å². The zero-order valence-corrected chi connectivity index (χ0v) is 19.2. The summed E-state index contributed by atoms with van der Waals surface area (Å²) < 4.78 is 65.9. The highest BCUT2D eigenvalue weighted by molar-refractivity contribution is 7.89. The number of sulfonamides is 1. The fourth-order valence-corrected chi connectivity index (χ4v) is 8.53. The van der Waals surface area contributed by atoms with Gasteiger partial charge in [-0.2, -0.15) is 17.5 Å². The van der Waals surface area contributed by atoms with Gasteiger partial charge in [0.15, 0.2) is 0 Å². The van der Waals surface area contributed by atoms with Gasteiger partial charge in [-0.3, -0.25) is 0 Å². The molecule has 1 aromatic rings. The quantitative estimate of drug-likeness (QED) is 0.662. The largest absolute Gasteiger partial charge is 0.416 e. The zero-order chi connectivity index (χ0) is 23.4. The van der Waals surface area contributed by atoms with E-state index in [1.165, 1.54) is 29.6 Å². The number of benzene rings is 1. The lowest BCUT2D eigenvalue weighted by Gasteiger charge is -2.56. The Hall–Kier alpha value is -1.81. The molecule has 0 radical (unpaired) electrons. The first-order valence-corrected chi connectivity index (χ1v) is 13.2. The maximum absolute atomic E-state index is 13.0. The predicted molar refractivity (Wildman–Crippen MR) is 116 cm³/mol. The highest BCUT2D eigenvalue weighted by atomic mass is 32.2. The van der Waals surface area contributed by atoms with Gasteiger partial charge in [0, 0.05) is 25.2 Å². The molecule has 182 valence electrons. The van der Waals surface area contributed by atoms with Crippen molar-refractivity contribution < 1.29 is 26.4 Å². The predicted octanol–water partition coefficient (Wildman–Crippen LogP) is 3.98. The van der Waals surface area contributed by atoms with Gasteiger partial charge in [-0.25, -0.2) is 13.2 Å². The smallest absolute Gasteiger partial charge is 0.338 e. The number of amides is 2. The van der Waals surface area contributed by atoms with Crippen LogP contribution in [0.3, 0.4) is 0 Å². The first-order chi connectivity index (χ1) is 15.5. The number of halogens is 3. The van der Waals surface area contributed by atoms with Crippen LogP contribution in [0.1, 0.15) is 50.5 Å². The summed E-state index contributed by atoms with van der Waals surface area (Å²) >= 11 is 0. The summed E-state index contributed by atoms with van der Waals surface area (Å²) in [7, 11) is -4.02. The summed E-state index contributed by atoms with van der Waals surface area (Å²) in [6.45, 7) is 0.741. The number of nitrogens with zero attached hydrogens (tertiary/aromatic N) is 1. The van der Waals surface area contributed by atoms with Gasteiger partial charge >= 0.3 is 12.2 Å². The van der Waals surface area contributed by atoms with Gasteiger partial charge in [0.05, 0.1) is 10.5 Å². The molecule has 1 aromatic carbocycles. The van der Waals surface area contributed by atoms with Crippen LogP contribution in [0, 0.1) is 23.7 Å². The third-order valence-corrected chi connectivity index (χ3v) is 9.88. The summed E-state index contributed by atoms with van der Waals surface area (Å²) in [6, 6.07) is 3.64. The van der Waals surface area contributed by atoms with Crippen LogP contribution in [-0.4, -0.2) is 43.9 Å². The van der Waals surface area contributed by atoms with E-state index in [9.17, 15) is 26.4 Å². The molecule has 2 N–H and O–H groups in total. The minimum absolute atomic E-state index is 0.0762. The van der Waals surface area contributed by atoms with Gasteiger partial charge in [-0.15, -0.1) is 0 Å². The van der Waals surface area contributed by atoms with Gasteiger partial charge < -0.3 is 10.6 Å². The molecule has 1 saturated heterocycles. The Bertz CT molecular complexity index is 992. The molecule has 0 spiro atoms. The minimum atomic E-state index is -4.60. The Morgan fingerprint density at radius 3 is 2.33 bits per heavy atom. The molecule has 1 heterocycles. The summed E-state index contributed by atoms with van der Waals surface area (Å²) in [5, 5.41) is 6.17. The number of nitrogens with one attached hydrogen (secondary N) is 2. The van der Waals surface area contributed by atoms with E-state index in [1.54, 1.807) is 0 Å². The molecule has 33 heavy (non-hydrogen) atoms. The van der Waals surface area contributed by atoms with Crippen LogP contribution in [0.25, 0.3) is 0 Å². The van der Waals surface area contributed by atoms with E-state index in [-0.39, 0.29) is 35.5 Å². The van der Waals surface area contributed by atoms with Crippen molar-refractivity contribution in [1.29, 1.82) is 0 Å². The summed E-state index contributed by atoms with van der Waals surface area (Å²) in [5.41, 5.74) is -1.07. The Balaban J connectivity index is 1.15. The van der Waals surface area contributed by atoms with Crippen molar-refractivity contribution in [2.75, 3.05) is 19.6 Å². The first kappa shape index (κ1) is 23.0. The van der Waals surface area contributed by atoms with Crippen LogP contribution < -0.4 is 10.6 Å². The SMILES string of the molecule is O=C(NCC1CCN(S(=O)(=O)c2cccc(C(F)(F)F)c2)C1)NC12CC3CC(CC(C3)C1)C2. The van der Waals surface area contributed by atoms with E-state index < -0.39 is 21.8 Å². The van der Waals surface area contributed by atoms with Crippen molar-refractivity contribution in [3.05, 3.63) is 29.8 Å². The van der Waals surface area contributed by atoms with Gasteiger partial charge in [0.25, 0.3) is 0 Å². The molecule has 6 nitrogen and oxygen atoms in total. The van der Waals surface area contributed by atoms with E-state index in [4.69, 9.17) is 0 Å². The van der Waals surface area contributed by atoms with E-state index in [0.717, 1.165) is 49.1 Å². The Morgan fingerprint density at radius 2 is 1.73 bits per heavy atom. The number of urea groups is 1. The van der Waals surface area contributed by atoms with Gasteiger partial charge in [-0.1, -0.05) is 6.07 Å². The molecule has 2 amide bonds. The molecule has 10 heteroatoms. The fraction of sp³-hybridized carbons (Fsp3) is 0.696. The number of hydrogen-bond donors (Lipinski definition) is 2. The second kappa shape index (κ2) is 8.15. The van der Waals surface area contributed by atoms with Crippen LogP contribution in [0.4, 0.5) is 18.0 Å². The summed E-state index contributed by atoms with van der Waals surface area (Å²) in [6.07, 6.45) is 2.99. The maximum atomic E-state index is 13.0. The summed E-state index contributed by atoms with van der Waals surface area (Å²) in [5.74, 6) is 2.09. The minimum Gasteiger partial charge on any atom is -0.338 e. The molecule has 1 unspecified atom stereocenters. The molecule has 4 aliphatic carbocycles. The normalized spacial score (nSPS) is 33.9. The van der Waals surface area contributed by atoms with Crippen molar-refractivity contribution in [2.45, 2.75) is 61.6 Å². The molecule has 0 aromatic heterocycles. The molecular formula is C23H30F3N3O3S. The lowest BCUT2D eigenvalue weighted by atomic mass is 9.53. The molecular weight excluding hydrogens is 455 g/mol. The number of hydrogen-bond acceptors (Lipinski definition) is 3. The third-order valence-electron chi connectivity index (χ3n) is 8.02. The zero-order valence-electron chi connectivity index (χ0n) is 18.4. The standard InChI is InChI=1S/C23H30F3N3O3S/c24-23(25,26)19-2-1-3-20(9-19)33(31,32)29-5-4-15(14-29)13-27-21(30)28-22-10-16-6-17(11-22)8-18(7-16)12-22/h1-3,9,15-18H,4-8,10-14H2,(H2,27,28,30). The molecule has 1 atom stereocenters. The highest BCUT2D eigenvalue weighted by Crippen LogP contribution is 2.55. The van der Waals surface area contributed by atoms with E-state index >= 15 is 0 Å². The maximum Gasteiger partial charge on any atom is 0.416 e. The van der Waals surface area contributed by atoms with Crippen LogP contribution in [0.2, 0.25) is 0 Å². The number of alkyl halides is 3. The van der Waals surface area contributed by atoms with Crippen LogP contribution >= 0.6 is 0 Å². The van der Waals surface area contributed by atoms with Gasteiger partial charge in [-0.05, 0) is 86.8 Å². The molecule has 1 aliphatic heterocycles. The van der Waals surface area contributed by atoms with E-state index in [1.807, 2.05) is 0 Å². The Morgan fingerprint density at radius 1 is 1.09 bits per heavy atom. The lowest BCUT2D eigenvalue weighted by Crippen LogP contribution is -2.61. The Labute approximate surface area is 192 Å². The number of carbonyl (C=O) groups is 1. The first-order valence-electron chi connectivity index (χ1n) is 11.8. The second-order valence-corrected chi connectivity index (χ2v) is 12.5. The molecule has 4 bridgehead atoms. The third kappa shape index (κ3) is 4.60. The van der Waals surface area contributed by atoms with Crippen molar-refractivity contribution in [2.24, 2.45) is 23.7 Å². The van der Waals surface area contributed by atoms with Gasteiger partial charge in [0.2, 0.25) is 10.0 Å². The number of rotatable bonds is 5. The molecule has 6 rings (SSSR count). The average molecular weight is 486 g/mol. The molecule has 5 fully saturated rings. The van der Waals surface area contributed by atoms with E-state index in [2.05, 4.69) is 10.6 Å². The fourth-order valence-electron chi connectivity index (χ4n) is 6.95. The van der Waals surface area contributed by atoms with Crippen molar-refractivity contribution in [1.82, 2.24) is 14.9 Å². The van der Waals surface area contributed by atoms with Gasteiger partial charge in [0.1, 0.15) is 0 Å². The lowest BCUT2D eigenvalue weighted by molar-refractivity contribution is -0.137. The van der Waals surface area contributed by atoms with Crippen molar-refractivity contribution in [3.8, 4) is 0 Å². The molecule has 4 saturated carbocycles. The average Bonchev–Trinajstić information content (AvgIpc) is 3.20. The van der Waals surface area contributed by atoms with Crippen LogP contribution in [0.5, 0.6) is 0 Å². The Kier molecular flexibility index (Phi) is 5.67. The topological polar surface area (TPSA) is 78.5 Å². The van der Waals surface area contributed by atoms with Crippen LogP contribution in [0.15, 0.2) is 29.2 Å². The summed E-state index contributed by atoms with van der Waals surface area (Å²) in [4.78, 5) is 12.3. The van der Waals surface area contributed by atoms with Crippen molar-refractivity contribution >= 4 is 16.1 Å². The second-order valence-electron chi connectivity index (χ2n) is 10.6. The highest BCUT2D eigenvalue weighted by Gasteiger charge is 2.51. The van der Waals surface area contributed by atoms with Crippen molar-refractivity contribution in [3.63, 3.8) is 0 Å². The number of carbonyl (C=O) groups excluding carboxylic acids is 1. The monoisotopic (exact) mass is 485 g/mol. The molecule has 5 aliphatic rings.